The highest BCUT2D eigenvalue weighted by atomic mass is 19.1. The molecule has 0 heterocycles. The van der Waals surface area contributed by atoms with E-state index in [1.807, 2.05) is 49.4 Å². The van der Waals surface area contributed by atoms with Gasteiger partial charge in [0.1, 0.15) is 5.82 Å². The normalized spacial score (nSPS) is 19.3. The van der Waals surface area contributed by atoms with Crippen LogP contribution in [0.5, 0.6) is 0 Å². The number of rotatable bonds is 7. The molecule has 1 saturated carbocycles. The van der Waals surface area contributed by atoms with Crippen molar-refractivity contribution in [1.82, 2.24) is 0 Å². The first-order chi connectivity index (χ1) is 15.2. The fourth-order valence-corrected chi connectivity index (χ4v) is 5.27. The molecule has 3 aromatic carbocycles. The molecule has 1 aliphatic carbocycles. The Morgan fingerprint density at radius 2 is 1.58 bits per heavy atom. The minimum absolute atomic E-state index is 0.124. The van der Waals surface area contributed by atoms with Gasteiger partial charge in [0.25, 0.3) is 0 Å². The Hall–Kier alpha value is -2.41. The Labute approximate surface area is 187 Å². The summed E-state index contributed by atoms with van der Waals surface area (Å²) >= 11 is 0. The molecule has 1 fully saturated rings. The molecule has 0 aromatic heterocycles. The summed E-state index contributed by atoms with van der Waals surface area (Å²) in [5.74, 6) is 1.74. The van der Waals surface area contributed by atoms with Gasteiger partial charge >= 0.3 is 0 Å². The van der Waals surface area contributed by atoms with Crippen LogP contribution in [0.2, 0.25) is 0 Å². The molecule has 0 bridgehead atoms. The van der Waals surface area contributed by atoms with E-state index in [2.05, 4.69) is 31.2 Å². The van der Waals surface area contributed by atoms with Crippen molar-refractivity contribution < 1.29 is 4.39 Å². The van der Waals surface area contributed by atoms with Gasteiger partial charge in [0.2, 0.25) is 0 Å². The molecule has 1 aliphatic rings. The van der Waals surface area contributed by atoms with Crippen LogP contribution >= 0.6 is 0 Å². The fraction of sp³-hybridized carbons (Fsp3) is 0.400. The SMILES string of the molecule is C/C=C/c1ccc2c(F)c(-c3ccc(CCC4CCC(CCC)CC4)cc3)ccc2c1. The molecule has 162 valence electrons. The van der Waals surface area contributed by atoms with Crippen LogP contribution < -0.4 is 0 Å². The van der Waals surface area contributed by atoms with E-state index in [1.54, 1.807) is 0 Å². The number of hydrogen-bond donors (Lipinski definition) is 0. The van der Waals surface area contributed by atoms with Crippen LogP contribution in [0.3, 0.4) is 0 Å². The van der Waals surface area contributed by atoms with Crippen molar-refractivity contribution in [3.05, 3.63) is 77.6 Å². The third-order valence-corrected chi connectivity index (χ3v) is 7.11. The molecule has 0 atom stereocenters. The van der Waals surface area contributed by atoms with Gasteiger partial charge in [0, 0.05) is 10.9 Å². The molecule has 0 radical (unpaired) electrons. The third-order valence-electron chi connectivity index (χ3n) is 7.11. The lowest BCUT2D eigenvalue weighted by atomic mass is 9.78. The molecule has 0 aliphatic heterocycles. The molecule has 3 aromatic rings. The monoisotopic (exact) mass is 414 g/mol. The zero-order valence-electron chi connectivity index (χ0n) is 19.0. The van der Waals surface area contributed by atoms with Crippen LogP contribution in [0.25, 0.3) is 28.0 Å². The van der Waals surface area contributed by atoms with Gasteiger partial charge in [-0.05, 0) is 59.7 Å². The van der Waals surface area contributed by atoms with E-state index in [0.29, 0.717) is 10.9 Å². The highest BCUT2D eigenvalue weighted by molar-refractivity contribution is 5.89. The molecule has 31 heavy (non-hydrogen) atoms. The standard InChI is InChI=1S/C30H35F/c1-3-5-22-7-9-23(10-8-22)11-12-24-13-16-26(17-14-24)28-20-18-27-21-25(6-4-2)15-19-29(27)30(28)31/h4,6,13-23H,3,5,7-12H2,1-2H3/b6-4+. The molecule has 0 nitrogen and oxygen atoms in total. The lowest BCUT2D eigenvalue weighted by Crippen LogP contribution is -2.15. The van der Waals surface area contributed by atoms with Crippen LogP contribution in [0.15, 0.2) is 60.7 Å². The van der Waals surface area contributed by atoms with Gasteiger partial charge in [-0.2, -0.15) is 0 Å². The number of halogens is 1. The summed E-state index contributed by atoms with van der Waals surface area (Å²) in [7, 11) is 0. The van der Waals surface area contributed by atoms with Crippen molar-refractivity contribution in [2.75, 3.05) is 0 Å². The van der Waals surface area contributed by atoms with Crippen molar-refractivity contribution >= 4 is 16.8 Å². The van der Waals surface area contributed by atoms with Gasteiger partial charge in [-0.15, -0.1) is 0 Å². The fourth-order valence-electron chi connectivity index (χ4n) is 5.27. The summed E-state index contributed by atoms with van der Waals surface area (Å²) in [6, 6.07) is 18.4. The smallest absolute Gasteiger partial charge is 0.138 e. The Morgan fingerprint density at radius 3 is 2.26 bits per heavy atom. The summed E-state index contributed by atoms with van der Waals surface area (Å²) in [5, 5.41) is 1.63. The predicted molar refractivity (Wildman–Crippen MR) is 133 cm³/mol. The first-order valence-electron chi connectivity index (χ1n) is 12.1. The summed E-state index contributed by atoms with van der Waals surface area (Å²) in [5.41, 5.74) is 4.12. The second kappa shape index (κ2) is 10.3. The minimum Gasteiger partial charge on any atom is -0.206 e. The Bertz CT molecular complexity index is 1020. The van der Waals surface area contributed by atoms with Gasteiger partial charge < -0.3 is 0 Å². The molecule has 0 unspecified atom stereocenters. The van der Waals surface area contributed by atoms with Gasteiger partial charge in [-0.1, -0.05) is 106 Å². The number of benzene rings is 3. The van der Waals surface area contributed by atoms with Crippen molar-refractivity contribution in [2.24, 2.45) is 11.8 Å². The number of aryl methyl sites for hydroxylation is 1. The Morgan fingerprint density at radius 1 is 0.871 bits per heavy atom. The van der Waals surface area contributed by atoms with E-state index in [-0.39, 0.29) is 5.82 Å². The highest BCUT2D eigenvalue weighted by Gasteiger charge is 2.20. The molecule has 1 heteroatoms. The number of fused-ring (bicyclic) bond motifs is 1. The van der Waals surface area contributed by atoms with E-state index in [9.17, 15) is 0 Å². The second-order valence-electron chi connectivity index (χ2n) is 9.32. The van der Waals surface area contributed by atoms with Gasteiger partial charge in [-0.25, -0.2) is 4.39 Å². The average molecular weight is 415 g/mol. The zero-order chi connectivity index (χ0) is 21.6. The van der Waals surface area contributed by atoms with E-state index in [0.717, 1.165) is 34.8 Å². The van der Waals surface area contributed by atoms with Crippen LogP contribution in [-0.4, -0.2) is 0 Å². The molecule has 0 amide bonds. The molecule has 4 rings (SSSR count). The van der Waals surface area contributed by atoms with Gasteiger partial charge in [-0.3, -0.25) is 0 Å². The average Bonchev–Trinajstić information content (AvgIpc) is 2.80. The van der Waals surface area contributed by atoms with Gasteiger partial charge in [0.05, 0.1) is 0 Å². The Balaban J connectivity index is 1.41. The summed E-state index contributed by atoms with van der Waals surface area (Å²) in [4.78, 5) is 0. The molecule has 0 spiro atoms. The first-order valence-corrected chi connectivity index (χ1v) is 12.1. The van der Waals surface area contributed by atoms with Crippen LogP contribution in [0.1, 0.15) is 69.9 Å². The van der Waals surface area contributed by atoms with Crippen LogP contribution in [-0.2, 0) is 6.42 Å². The van der Waals surface area contributed by atoms with Crippen molar-refractivity contribution in [3.63, 3.8) is 0 Å². The minimum atomic E-state index is -0.124. The second-order valence-corrected chi connectivity index (χ2v) is 9.32. The van der Waals surface area contributed by atoms with Crippen molar-refractivity contribution in [2.45, 2.75) is 65.2 Å². The van der Waals surface area contributed by atoms with Crippen LogP contribution in [0.4, 0.5) is 4.39 Å². The zero-order valence-corrected chi connectivity index (χ0v) is 19.0. The van der Waals surface area contributed by atoms with E-state index < -0.39 is 0 Å². The maximum atomic E-state index is 15.2. The van der Waals surface area contributed by atoms with Crippen LogP contribution in [0, 0.1) is 17.7 Å². The van der Waals surface area contributed by atoms with Crippen molar-refractivity contribution in [1.29, 1.82) is 0 Å². The molecule has 0 N–H and O–H groups in total. The summed E-state index contributed by atoms with van der Waals surface area (Å²) in [6.07, 6.45) is 14.9. The number of allylic oxidation sites excluding steroid dienone is 1. The first kappa shape index (κ1) is 21.8. The Kier molecular flexibility index (Phi) is 7.22. The summed E-state index contributed by atoms with van der Waals surface area (Å²) < 4.78 is 15.2. The third kappa shape index (κ3) is 5.26. The lowest BCUT2D eigenvalue weighted by molar-refractivity contribution is 0.252. The summed E-state index contributed by atoms with van der Waals surface area (Å²) in [6.45, 7) is 4.30. The van der Waals surface area contributed by atoms with Gasteiger partial charge in [0.15, 0.2) is 0 Å². The maximum Gasteiger partial charge on any atom is 0.138 e. The largest absolute Gasteiger partial charge is 0.206 e. The predicted octanol–water partition coefficient (Wildman–Crippen LogP) is 9.22. The highest BCUT2D eigenvalue weighted by Crippen LogP contribution is 2.34. The molecule has 0 saturated heterocycles. The molecular weight excluding hydrogens is 379 g/mol. The number of hydrogen-bond acceptors (Lipinski definition) is 0. The quantitative estimate of drug-likeness (QED) is 0.361. The molecular formula is C30H35F. The topological polar surface area (TPSA) is 0 Å². The van der Waals surface area contributed by atoms with E-state index >= 15 is 4.39 Å². The van der Waals surface area contributed by atoms with Crippen molar-refractivity contribution in [3.8, 4) is 11.1 Å². The van der Waals surface area contributed by atoms with E-state index in [1.165, 1.54) is 50.5 Å². The maximum absolute atomic E-state index is 15.2. The van der Waals surface area contributed by atoms with E-state index in [4.69, 9.17) is 0 Å². The lowest BCUT2D eigenvalue weighted by Gasteiger charge is -2.28.